The lowest BCUT2D eigenvalue weighted by atomic mass is 10.2. The second-order valence-corrected chi connectivity index (χ2v) is 4.63. The summed E-state index contributed by atoms with van der Waals surface area (Å²) in [7, 11) is 0. The first-order valence-corrected chi connectivity index (χ1v) is 6.19. The van der Waals surface area contributed by atoms with Gasteiger partial charge in [0, 0.05) is 12.5 Å². The van der Waals surface area contributed by atoms with Crippen molar-refractivity contribution < 1.29 is 19.1 Å². The molecule has 0 atom stereocenters. The predicted octanol–water partition coefficient (Wildman–Crippen LogP) is 1.15. The third-order valence-corrected chi connectivity index (χ3v) is 3.07. The van der Waals surface area contributed by atoms with E-state index in [0.29, 0.717) is 18.0 Å². The molecule has 1 aliphatic heterocycles. The number of benzene rings is 1. The Balaban J connectivity index is 1.51. The smallest absolute Gasteiger partial charge is 0.321 e. The third-order valence-electron chi connectivity index (χ3n) is 3.07. The second-order valence-electron chi connectivity index (χ2n) is 4.63. The highest BCUT2D eigenvalue weighted by atomic mass is 16.7. The Bertz CT molecular complexity index is 525. The minimum atomic E-state index is -0.463. The third kappa shape index (κ3) is 2.78. The van der Waals surface area contributed by atoms with Crippen LogP contribution in [-0.2, 0) is 11.3 Å². The fourth-order valence-corrected chi connectivity index (χ4v) is 1.84. The van der Waals surface area contributed by atoms with Crippen LogP contribution >= 0.6 is 0 Å². The number of carbonyl (C=O) groups is 2. The lowest BCUT2D eigenvalue weighted by Crippen LogP contribution is -2.39. The van der Waals surface area contributed by atoms with Gasteiger partial charge in [0.05, 0.1) is 0 Å². The molecule has 1 aliphatic carbocycles. The number of amides is 3. The average Bonchev–Trinajstić information content (AvgIpc) is 3.15. The summed E-state index contributed by atoms with van der Waals surface area (Å²) in [6, 6.07) is 4.99. The summed E-state index contributed by atoms with van der Waals surface area (Å²) in [5.74, 6) is 1.21. The molecule has 1 heterocycles. The molecule has 1 saturated carbocycles. The van der Waals surface area contributed by atoms with E-state index in [0.717, 1.165) is 18.4 Å². The Labute approximate surface area is 110 Å². The van der Waals surface area contributed by atoms with Gasteiger partial charge >= 0.3 is 6.03 Å². The minimum Gasteiger partial charge on any atom is -0.454 e. The average molecular weight is 262 g/mol. The molecule has 0 unspecified atom stereocenters. The Morgan fingerprint density at radius 1 is 1.21 bits per heavy atom. The van der Waals surface area contributed by atoms with Crippen LogP contribution in [0.25, 0.3) is 0 Å². The van der Waals surface area contributed by atoms with Gasteiger partial charge in [0.1, 0.15) is 0 Å². The summed E-state index contributed by atoms with van der Waals surface area (Å²) in [6.07, 6.45) is 1.75. The molecule has 1 fully saturated rings. The SMILES string of the molecule is O=C(NCc1ccc2c(c1)OCO2)NC(=O)C1CC1. The van der Waals surface area contributed by atoms with Crippen molar-refractivity contribution in [2.45, 2.75) is 19.4 Å². The van der Waals surface area contributed by atoms with E-state index in [-0.39, 0.29) is 18.6 Å². The van der Waals surface area contributed by atoms with E-state index in [9.17, 15) is 9.59 Å². The van der Waals surface area contributed by atoms with Gasteiger partial charge in [-0.2, -0.15) is 0 Å². The van der Waals surface area contributed by atoms with E-state index in [2.05, 4.69) is 10.6 Å². The van der Waals surface area contributed by atoms with Crippen LogP contribution in [0.3, 0.4) is 0 Å². The van der Waals surface area contributed by atoms with E-state index in [1.807, 2.05) is 12.1 Å². The molecule has 0 saturated heterocycles. The maximum atomic E-state index is 11.5. The van der Waals surface area contributed by atoms with Gasteiger partial charge in [0.2, 0.25) is 12.7 Å². The van der Waals surface area contributed by atoms with Crippen LogP contribution in [0.4, 0.5) is 4.79 Å². The van der Waals surface area contributed by atoms with Crippen molar-refractivity contribution in [3.8, 4) is 11.5 Å². The summed E-state index contributed by atoms with van der Waals surface area (Å²) < 4.78 is 10.4. The van der Waals surface area contributed by atoms with Gasteiger partial charge in [-0.3, -0.25) is 10.1 Å². The topological polar surface area (TPSA) is 76.7 Å². The van der Waals surface area contributed by atoms with Crippen molar-refractivity contribution in [3.63, 3.8) is 0 Å². The van der Waals surface area contributed by atoms with Gasteiger partial charge in [0.15, 0.2) is 11.5 Å². The van der Waals surface area contributed by atoms with Crippen LogP contribution in [0.2, 0.25) is 0 Å². The summed E-state index contributed by atoms with van der Waals surface area (Å²) in [5.41, 5.74) is 0.887. The molecule has 3 rings (SSSR count). The molecule has 19 heavy (non-hydrogen) atoms. The first-order valence-electron chi connectivity index (χ1n) is 6.19. The zero-order valence-electron chi connectivity index (χ0n) is 10.3. The minimum absolute atomic E-state index is 0.0243. The van der Waals surface area contributed by atoms with E-state index < -0.39 is 6.03 Å². The highest BCUT2D eigenvalue weighted by Crippen LogP contribution is 2.32. The van der Waals surface area contributed by atoms with Crippen LogP contribution in [0.1, 0.15) is 18.4 Å². The van der Waals surface area contributed by atoms with Gasteiger partial charge in [-0.15, -0.1) is 0 Å². The fourth-order valence-electron chi connectivity index (χ4n) is 1.84. The van der Waals surface area contributed by atoms with Crippen LogP contribution in [0.5, 0.6) is 11.5 Å². The van der Waals surface area contributed by atoms with E-state index in [1.165, 1.54) is 0 Å². The van der Waals surface area contributed by atoms with Crippen molar-refractivity contribution in [2.75, 3.05) is 6.79 Å². The number of hydrogen-bond donors (Lipinski definition) is 2. The monoisotopic (exact) mass is 262 g/mol. The van der Waals surface area contributed by atoms with Crippen molar-refractivity contribution in [1.29, 1.82) is 0 Å². The Morgan fingerprint density at radius 2 is 2.00 bits per heavy atom. The normalized spacial score (nSPS) is 16.0. The number of ether oxygens (including phenoxy) is 2. The van der Waals surface area contributed by atoms with Crippen LogP contribution < -0.4 is 20.1 Å². The molecule has 0 radical (unpaired) electrons. The Kier molecular flexibility index (Phi) is 2.98. The van der Waals surface area contributed by atoms with Crippen LogP contribution in [0, 0.1) is 5.92 Å². The first kappa shape index (κ1) is 11.8. The summed E-state index contributed by atoms with van der Waals surface area (Å²) in [6.45, 7) is 0.559. The molecule has 6 nitrogen and oxygen atoms in total. The summed E-state index contributed by atoms with van der Waals surface area (Å²) in [4.78, 5) is 22.9. The number of rotatable bonds is 3. The van der Waals surface area contributed by atoms with Crippen LogP contribution in [-0.4, -0.2) is 18.7 Å². The lowest BCUT2D eigenvalue weighted by Gasteiger charge is -2.07. The van der Waals surface area contributed by atoms with Gasteiger partial charge in [-0.05, 0) is 30.5 Å². The quantitative estimate of drug-likeness (QED) is 0.856. The molecule has 2 aliphatic rings. The summed E-state index contributed by atoms with van der Waals surface area (Å²) >= 11 is 0. The van der Waals surface area contributed by atoms with E-state index in [4.69, 9.17) is 9.47 Å². The van der Waals surface area contributed by atoms with Crippen molar-refractivity contribution in [3.05, 3.63) is 23.8 Å². The maximum Gasteiger partial charge on any atom is 0.321 e. The maximum absolute atomic E-state index is 11.5. The number of carbonyl (C=O) groups excluding carboxylic acids is 2. The van der Waals surface area contributed by atoms with Gasteiger partial charge in [-0.1, -0.05) is 6.07 Å². The molecule has 0 bridgehead atoms. The molecule has 1 aromatic rings. The molecule has 1 aromatic carbocycles. The molecule has 100 valence electrons. The predicted molar refractivity (Wildman–Crippen MR) is 65.7 cm³/mol. The molecular formula is C13H14N2O4. The van der Waals surface area contributed by atoms with Gasteiger partial charge < -0.3 is 14.8 Å². The van der Waals surface area contributed by atoms with Gasteiger partial charge in [-0.25, -0.2) is 4.79 Å². The molecular weight excluding hydrogens is 248 g/mol. The molecule has 0 aromatic heterocycles. The Morgan fingerprint density at radius 3 is 2.79 bits per heavy atom. The summed E-state index contributed by atoms with van der Waals surface area (Å²) in [5, 5.41) is 4.96. The molecule has 0 spiro atoms. The van der Waals surface area contributed by atoms with Crippen molar-refractivity contribution in [2.24, 2.45) is 5.92 Å². The zero-order chi connectivity index (χ0) is 13.2. The Hall–Kier alpha value is -2.24. The highest BCUT2D eigenvalue weighted by Gasteiger charge is 2.30. The highest BCUT2D eigenvalue weighted by molar-refractivity contribution is 5.96. The van der Waals surface area contributed by atoms with E-state index >= 15 is 0 Å². The fraction of sp³-hybridized carbons (Fsp3) is 0.385. The zero-order valence-corrected chi connectivity index (χ0v) is 10.3. The molecule has 3 amide bonds. The van der Waals surface area contributed by atoms with Crippen LogP contribution in [0.15, 0.2) is 18.2 Å². The number of hydrogen-bond acceptors (Lipinski definition) is 4. The lowest BCUT2D eigenvalue weighted by molar-refractivity contribution is -0.121. The van der Waals surface area contributed by atoms with Gasteiger partial charge in [0.25, 0.3) is 0 Å². The largest absolute Gasteiger partial charge is 0.454 e. The molecule has 6 heteroatoms. The standard InChI is InChI=1S/C13H14N2O4/c16-12(9-2-3-9)15-13(17)14-6-8-1-4-10-11(5-8)19-7-18-10/h1,4-5,9H,2-3,6-7H2,(H2,14,15,16,17). The van der Waals surface area contributed by atoms with Crippen molar-refractivity contribution in [1.82, 2.24) is 10.6 Å². The number of imide groups is 1. The first-order chi connectivity index (χ1) is 9.22. The number of urea groups is 1. The van der Waals surface area contributed by atoms with Crippen molar-refractivity contribution >= 4 is 11.9 Å². The number of fused-ring (bicyclic) bond motifs is 1. The second kappa shape index (κ2) is 4.79. The van der Waals surface area contributed by atoms with E-state index in [1.54, 1.807) is 6.07 Å². The number of nitrogens with one attached hydrogen (secondary N) is 2. The molecule has 2 N–H and O–H groups in total.